The second-order valence-corrected chi connectivity index (χ2v) is 6.04. The molecule has 2 rings (SSSR count). The molecule has 1 heterocycles. The van der Waals surface area contributed by atoms with E-state index in [1.165, 1.54) is 18.2 Å². The molecule has 0 bridgehead atoms. The number of carbonyl (C=O) groups is 2. The van der Waals surface area contributed by atoms with Gasteiger partial charge in [-0.1, -0.05) is 17.7 Å². The van der Waals surface area contributed by atoms with Crippen LogP contribution in [-0.4, -0.2) is 41.9 Å². The highest BCUT2D eigenvalue weighted by Gasteiger charge is 2.25. The number of nitrogens with zero attached hydrogens (tertiary/aromatic N) is 1. The molecule has 8 nitrogen and oxygen atoms in total. The van der Waals surface area contributed by atoms with Gasteiger partial charge in [-0.3, -0.25) is 19.7 Å². The van der Waals surface area contributed by atoms with Crippen molar-refractivity contribution in [2.24, 2.45) is 0 Å². The standard InChI is InChI=1S/C15H19ClN4O4.ClH/c1-9-11(5-3-7-17-9)19-13(21)8-18-15(22)14-10(16)4-2-6-12(14)20(23)24;/h2,4,6,9,11,17H,3,5,7-8H2,1H3,(H,18,22)(H,19,21);1H. The maximum Gasteiger partial charge on any atom is 0.283 e. The van der Waals surface area contributed by atoms with Crippen LogP contribution in [0.25, 0.3) is 0 Å². The summed E-state index contributed by atoms with van der Waals surface area (Å²) in [6.07, 6.45) is 1.83. The van der Waals surface area contributed by atoms with Gasteiger partial charge in [-0.2, -0.15) is 0 Å². The zero-order valence-corrected chi connectivity index (χ0v) is 15.2. The molecule has 3 N–H and O–H groups in total. The van der Waals surface area contributed by atoms with Crippen LogP contribution in [0, 0.1) is 10.1 Å². The topological polar surface area (TPSA) is 113 Å². The van der Waals surface area contributed by atoms with Gasteiger partial charge in [0.05, 0.1) is 16.5 Å². The first-order valence-corrected chi connectivity index (χ1v) is 8.01. The maximum atomic E-state index is 12.2. The molecule has 1 aromatic carbocycles. The highest BCUT2D eigenvalue weighted by molar-refractivity contribution is 6.34. The Morgan fingerprint density at radius 3 is 2.80 bits per heavy atom. The van der Waals surface area contributed by atoms with Crippen molar-refractivity contribution in [3.05, 3.63) is 38.9 Å². The smallest absolute Gasteiger partial charge is 0.283 e. The molecular formula is C15H20Cl2N4O4. The van der Waals surface area contributed by atoms with Crippen LogP contribution in [0.4, 0.5) is 5.69 Å². The third-order valence-corrected chi connectivity index (χ3v) is 4.25. The second-order valence-electron chi connectivity index (χ2n) is 5.63. The number of piperidine rings is 1. The van der Waals surface area contributed by atoms with E-state index < -0.39 is 16.5 Å². The molecule has 0 spiro atoms. The van der Waals surface area contributed by atoms with E-state index in [0.29, 0.717) is 0 Å². The van der Waals surface area contributed by atoms with E-state index in [1.807, 2.05) is 6.92 Å². The minimum Gasteiger partial charge on any atom is -0.350 e. The Balaban J connectivity index is 0.00000312. The van der Waals surface area contributed by atoms with Gasteiger partial charge >= 0.3 is 0 Å². The van der Waals surface area contributed by atoms with Crippen molar-refractivity contribution >= 4 is 41.5 Å². The van der Waals surface area contributed by atoms with Crippen molar-refractivity contribution in [2.45, 2.75) is 31.8 Å². The molecule has 1 aliphatic heterocycles. The predicted molar refractivity (Wildman–Crippen MR) is 96.3 cm³/mol. The number of amides is 2. The number of carbonyl (C=O) groups excluding carboxylic acids is 2. The summed E-state index contributed by atoms with van der Waals surface area (Å²) in [4.78, 5) is 34.4. The number of rotatable bonds is 5. The lowest BCUT2D eigenvalue weighted by atomic mass is 10.00. The van der Waals surface area contributed by atoms with Crippen LogP contribution in [0.2, 0.25) is 5.02 Å². The molecule has 1 aliphatic rings. The van der Waals surface area contributed by atoms with E-state index in [-0.39, 0.29) is 47.5 Å². The van der Waals surface area contributed by atoms with Crippen molar-refractivity contribution in [3.63, 3.8) is 0 Å². The van der Waals surface area contributed by atoms with Gasteiger partial charge in [-0.15, -0.1) is 12.4 Å². The van der Waals surface area contributed by atoms with Gasteiger partial charge in [0.2, 0.25) is 5.91 Å². The van der Waals surface area contributed by atoms with E-state index in [2.05, 4.69) is 16.0 Å². The first-order chi connectivity index (χ1) is 11.4. The van der Waals surface area contributed by atoms with Crippen molar-refractivity contribution in [2.75, 3.05) is 13.1 Å². The average Bonchev–Trinajstić information content (AvgIpc) is 2.54. The lowest BCUT2D eigenvalue weighted by molar-refractivity contribution is -0.385. The van der Waals surface area contributed by atoms with Crippen LogP contribution < -0.4 is 16.0 Å². The first-order valence-electron chi connectivity index (χ1n) is 7.64. The molecule has 1 aromatic rings. The van der Waals surface area contributed by atoms with Crippen LogP contribution in [0.3, 0.4) is 0 Å². The molecule has 2 amide bonds. The van der Waals surface area contributed by atoms with Crippen LogP contribution >= 0.6 is 24.0 Å². The summed E-state index contributed by atoms with van der Waals surface area (Å²) in [6.45, 7) is 2.63. The molecule has 0 radical (unpaired) electrons. The Labute approximate surface area is 156 Å². The summed E-state index contributed by atoms with van der Waals surface area (Å²) in [7, 11) is 0. The van der Waals surface area contributed by atoms with E-state index in [1.54, 1.807) is 0 Å². The monoisotopic (exact) mass is 390 g/mol. The van der Waals surface area contributed by atoms with Crippen LogP contribution in [-0.2, 0) is 4.79 Å². The summed E-state index contributed by atoms with van der Waals surface area (Å²) in [5, 5.41) is 19.4. The molecule has 1 fully saturated rings. The van der Waals surface area contributed by atoms with Gasteiger partial charge in [0.25, 0.3) is 11.6 Å². The minimum atomic E-state index is -0.753. The number of nitro groups is 1. The van der Waals surface area contributed by atoms with Crippen LogP contribution in [0.1, 0.15) is 30.1 Å². The predicted octanol–water partition coefficient (Wildman–Crippen LogP) is 1.66. The van der Waals surface area contributed by atoms with Gasteiger partial charge < -0.3 is 16.0 Å². The molecule has 0 aliphatic carbocycles. The van der Waals surface area contributed by atoms with Crippen LogP contribution in [0.5, 0.6) is 0 Å². The normalized spacial score (nSPS) is 19.4. The van der Waals surface area contributed by atoms with E-state index in [0.717, 1.165) is 19.4 Å². The Kier molecular flexibility index (Phi) is 8.08. The van der Waals surface area contributed by atoms with Crippen LogP contribution in [0.15, 0.2) is 18.2 Å². The van der Waals surface area contributed by atoms with Gasteiger partial charge in [0.15, 0.2) is 0 Å². The van der Waals surface area contributed by atoms with Gasteiger partial charge in [0, 0.05) is 18.2 Å². The number of hydrogen-bond donors (Lipinski definition) is 3. The summed E-state index contributed by atoms with van der Waals surface area (Å²) >= 11 is 5.88. The highest BCUT2D eigenvalue weighted by Crippen LogP contribution is 2.25. The third-order valence-electron chi connectivity index (χ3n) is 3.93. The van der Waals surface area contributed by atoms with E-state index in [9.17, 15) is 19.7 Å². The molecule has 25 heavy (non-hydrogen) atoms. The number of nitrogens with one attached hydrogen (secondary N) is 3. The second kappa shape index (κ2) is 9.55. The Hall–Kier alpha value is -1.90. The minimum absolute atomic E-state index is 0. The molecule has 10 heteroatoms. The average molecular weight is 391 g/mol. The van der Waals surface area contributed by atoms with Crippen molar-refractivity contribution < 1.29 is 14.5 Å². The fourth-order valence-corrected chi connectivity index (χ4v) is 2.89. The summed E-state index contributed by atoms with van der Waals surface area (Å²) in [6, 6.07) is 4.12. The number of benzene rings is 1. The molecule has 138 valence electrons. The Morgan fingerprint density at radius 1 is 1.44 bits per heavy atom. The van der Waals surface area contributed by atoms with Gasteiger partial charge in [0.1, 0.15) is 5.56 Å². The first kappa shape index (κ1) is 21.1. The number of nitro benzene ring substituents is 1. The maximum absolute atomic E-state index is 12.2. The SMILES string of the molecule is CC1NCCCC1NC(=O)CNC(=O)c1c(Cl)cccc1[N+](=O)[O-].Cl. The lowest BCUT2D eigenvalue weighted by Gasteiger charge is -2.30. The van der Waals surface area contributed by atoms with Crippen molar-refractivity contribution in [1.82, 2.24) is 16.0 Å². The largest absolute Gasteiger partial charge is 0.350 e. The quantitative estimate of drug-likeness (QED) is 0.522. The van der Waals surface area contributed by atoms with Gasteiger partial charge in [-0.25, -0.2) is 0 Å². The zero-order valence-electron chi connectivity index (χ0n) is 13.6. The molecule has 1 saturated heterocycles. The fourth-order valence-electron chi connectivity index (χ4n) is 2.64. The Bertz CT molecular complexity index is 656. The lowest BCUT2D eigenvalue weighted by Crippen LogP contribution is -2.53. The summed E-state index contributed by atoms with van der Waals surface area (Å²) in [5.41, 5.74) is -0.643. The number of halogens is 2. The molecule has 2 atom stereocenters. The molecule has 0 aromatic heterocycles. The summed E-state index contributed by atoms with van der Waals surface area (Å²) < 4.78 is 0. The zero-order chi connectivity index (χ0) is 17.7. The fraction of sp³-hybridized carbons (Fsp3) is 0.467. The van der Waals surface area contributed by atoms with E-state index >= 15 is 0 Å². The number of hydrogen-bond acceptors (Lipinski definition) is 5. The summed E-state index contributed by atoms with van der Waals surface area (Å²) in [5.74, 6) is -1.10. The molecule has 0 saturated carbocycles. The van der Waals surface area contributed by atoms with Crippen molar-refractivity contribution in [1.29, 1.82) is 0 Å². The third kappa shape index (κ3) is 5.55. The highest BCUT2D eigenvalue weighted by atomic mass is 35.5. The van der Waals surface area contributed by atoms with Gasteiger partial charge in [-0.05, 0) is 32.4 Å². The Morgan fingerprint density at radius 2 is 2.16 bits per heavy atom. The molecular weight excluding hydrogens is 371 g/mol. The van der Waals surface area contributed by atoms with Crippen molar-refractivity contribution in [3.8, 4) is 0 Å². The van der Waals surface area contributed by atoms with E-state index in [4.69, 9.17) is 11.6 Å². The molecule has 2 unspecified atom stereocenters.